The van der Waals surface area contributed by atoms with E-state index >= 15 is 0 Å². The van der Waals surface area contributed by atoms with E-state index in [1.807, 2.05) is 19.1 Å². The first-order valence-corrected chi connectivity index (χ1v) is 12.4. The largest absolute Gasteiger partial charge is 0.452 e. The Morgan fingerprint density at radius 1 is 1.20 bits per heavy atom. The van der Waals surface area contributed by atoms with Crippen LogP contribution >= 0.6 is 11.8 Å². The summed E-state index contributed by atoms with van der Waals surface area (Å²) in [7, 11) is 0. The fourth-order valence-corrected chi connectivity index (χ4v) is 5.55. The van der Waals surface area contributed by atoms with Gasteiger partial charge in [0.1, 0.15) is 16.3 Å². The Bertz CT molecular complexity index is 1280. The minimum Gasteiger partial charge on any atom is -0.452 e. The SMILES string of the molecule is Cc1cc(CSc2ncccc2C(=O)OCC(=O)N2c3ccccc3NC(=O)C23CCCC3)no1. The van der Waals surface area contributed by atoms with Gasteiger partial charge in [0, 0.05) is 18.0 Å². The number of carbonyl (C=O) groups is 3. The maximum atomic E-state index is 13.4. The molecule has 5 rings (SSSR count). The van der Waals surface area contributed by atoms with Crippen molar-refractivity contribution in [1.29, 1.82) is 0 Å². The molecule has 1 aliphatic carbocycles. The first-order valence-electron chi connectivity index (χ1n) is 11.4. The van der Waals surface area contributed by atoms with Crippen LogP contribution in [0.4, 0.5) is 11.4 Å². The predicted molar refractivity (Wildman–Crippen MR) is 129 cm³/mol. The number of aromatic nitrogens is 2. The molecule has 0 radical (unpaired) electrons. The van der Waals surface area contributed by atoms with Gasteiger partial charge in [0.05, 0.1) is 22.6 Å². The standard InChI is InChI=1S/C25H24N4O5S/c1-16-13-17(28-34-16)15-35-22-18(7-6-12-26-22)23(31)33-14-21(30)29-20-9-3-2-8-19(20)27-24(32)25(29)10-4-5-11-25/h2-3,6-9,12-13H,4-5,10-11,14-15H2,1H3,(H,27,32). The molecule has 1 saturated carbocycles. The third-order valence-electron chi connectivity index (χ3n) is 6.28. The van der Waals surface area contributed by atoms with Gasteiger partial charge in [-0.3, -0.25) is 14.5 Å². The first-order chi connectivity index (χ1) is 17.0. The number of esters is 1. The molecule has 0 unspecified atom stereocenters. The normalized spacial score (nSPS) is 16.1. The number of hydrogen-bond donors (Lipinski definition) is 1. The van der Waals surface area contributed by atoms with Crippen LogP contribution in [0.25, 0.3) is 0 Å². The zero-order valence-corrected chi connectivity index (χ0v) is 20.0. The number of pyridine rings is 1. The number of nitrogens with zero attached hydrogens (tertiary/aromatic N) is 3. The van der Waals surface area contributed by atoms with Crippen molar-refractivity contribution >= 4 is 40.9 Å². The molecule has 10 heteroatoms. The molecule has 1 spiro atoms. The quantitative estimate of drug-likeness (QED) is 0.404. The van der Waals surface area contributed by atoms with Gasteiger partial charge < -0.3 is 14.6 Å². The van der Waals surface area contributed by atoms with Gasteiger partial charge in [-0.15, -0.1) is 0 Å². The van der Waals surface area contributed by atoms with Crippen LogP contribution in [0.3, 0.4) is 0 Å². The molecule has 0 saturated heterocycles. The molecule has 1 aromatic carbocycles. The zero-order valence-electron chi connectivity index (χ0n) is 19.2. The van der Waals surface area contributed by atoms with Crippen LogP contribution < -0.4 is 10.2 Å². The highest BCUT2D eigenvalue weighted by Crippen LogP contribution is 2.45. The predicted octanol–water partition coefficient (Wildman–Crippen LogP) is 4.13. The maximum absolute atomic E-state index is 13.4. The second-order valence-electron chi connectivity index (χ2n) is 8.59. The second-order valence-corrected chi connectivity index (χ2v) is 9.55. The Kier molecular flexibility index (Phi) is 6.29. The molecule has 9 nitrogen and oxygen atoms in total. The molecule has 35 heavy (non-hydrogen) atoms. The molecular formula is C25H24N4O5S. The molecular weight excluding hydrogens is 468 g/mol. The number of rotatable bonds is 6. The van der Waals surface area contributed by atoms with Crippen LogP contribution in [0.5, 0.6) is 0 Å². The number of fused-ring (bicyclic) bond motifs is 1. The van der Waals surface area contributed by atoms with Gasteiger partial charge in [-0.1, -0.05) is 41.9 Å². The van der Waals surface area contributed by atoms with Crippen LogP contribution in [0.15, 0.2) is 58.2 Å². The van der Waals surface area contributed by atoms with Gasteiger partial charge in [0.2, 0.25) is 0 Å². The summed E-state index contributed by atoms with van der Waals surface area (Å²) in [5.74, 6) is -0.107. The highest BCUT2D eigenvalue weighted by molar-refractivity contribution is 7.98. The lowest BCUT2D eigenvalue weighted by molar-refractivity contribution is -0.129. The average Bonchev–Trinajstić information content (AvgIpc) is 3.52. The average molecular weight is 493 g/mol. The minimum atomic E-state index is -0.955. The fourth-order valence-electron chi connectivity index (χ4n) is 4.69. The summed E-state index contributed by atoms with van der Waals surface area (Å²) < 4.78 is 10.5. The van der Waals surface area contributed by atoms with E-state index in [1.54, 1.807) is 36.5 Å². The number of thioether (sulfide) groups is 1. The molecule has 180 valence electrons. The zero-order chi connectivity index (χ0) is 24.4. The Labute approximate surface area is 206 Å². The molecule has 2 aromatic heterocycles. The molecule has 1 aliphatic heterocycles. The van der Waals surface area contributed by atoms with Crippen molar-refractivity contribution in [2.24, 2.45) is 0 Å². The Morgan fingerprint density at radius 3 is 2.77 bits per heavy atom. The topological polar surface area (TPSA) is 115 Å². The molecule has 1 fully saturated rings. The van der Waals surface area contributed by atoms with E-state index in [0.717, 1.165) is 18.5 Å². The summed E-state index contributed by atoms with van der Waals surface area (Å²) in [4.78, 5) is 45.2. The number of ether oxygens (including phenoxy) is 1. The smallest absolute Gasteiger partial charge is 0.341 e. The lowest BCUT2D eigenvalue weighted by Crippen LogP contribution is -2.61. The van der Waals surface area contributed by atoms with Crippen molar-refractivity contribution < 1.29 is 23.6 Å². The van der Waals surface area contributed by atoms with E-state index in [0.29, 0.717) is 40.8 Å². The fraction of sp³-hybridized carbons (Fsp3) is 0.320. The van der Waals surface area contributed by atoms with Gasteiger partial charge in [0.25, 0.3) is 11.8 Å². The Balaban J connectivity index is 1.32. The Hall–Kier alpha value is -3.66. The number of aryl methyl sites for hydroxylation is 1. The Morgan fingerprint density at radius 2 is 2.00 bits per heavy atom. The maximum Gasteiger partial charge on any atom is 0.341 e. The third kappa shape index (κ3) is 4.41. The highest BCUT2D eigenvalue weighted by atomic mass is 32.2. The van der Waals surface area contributed by atoms with Gasteiger partial charge in [-0.25, -0.2) is 9.78 Å². The van der Waals surface area contributed by atoms with Gasteiger partial charge >= 0.3 is 5.97 Å². The number of carbonyl (C=O) groups excluding carboxylic acids is 3. The number of para-hydroxylation sites is 2. The number of amides is 2. The van der Waals surface area contributed by atoms with E-state index in [-0.39, 0.29) is 11.5 Å². The van der Waals surface area contributed by atoms with E-state index in [2.05, 4.69) is 15.5 Å². The van der Waals surface area contributed by atoms with Crippen molar-refractivity contribution in [3.63, 3.8) is 0 Å². The minimum absolute atomic E-state index is 0.192. The summed E-state index contributed by atoms with van der Waals surface area (Å²) >= 11 is 1.33. The van der Waals surface area contributed by atoms with E-state index in [4.69, 9.17) is 9.26 Å². The third-order valence-corrected chi connectivity index (χ3v) is 7.31. The summed E-state index contributed by atoms with van der Waals surface area (Å²) in [6, 6.07) is 12.3. The van der Waals surface area contributed by atoms with Gasteiger partial charge in [0.15, 0.2) is 6.61 Å². The van der Waals surface area contributed by atoms with Gasteiger partial charge in [-0.05, 0) is 44.0 Å². The number of hydrogen-bond acceptors (Lipinski definition) is 8. The van der Waals surface area contributed by atoms with Crippen LogP contribution in [0, 0.1) is 6.92 Å². The molecule has 1 N–H and O–H groups in total. The van der Waals surface area contributed by atoms with Crippen molar-refractivity contribution in [1.82, 2.24) is 10.1 Å². The van der Waals surface area contributed by atoms with Crippen LogP contribution in [-0.4, -0.2) is 40.1 Å². The summed E-state index contributed by atoms with van der Waals surface area (Å²) in [5.41, 5.74) is 1.23. The monoisotopic (exact) mass is 492 g/mol. The number of anilines is 2. The summed E-state index contributed by atoms with van der Waals surface area (Å²) in [5, 5.41) is 7.37. The van der Waals surface area contributed by atoms with E-state index in [1.165, 1.54) is 16.7 Å². The molecule has 0 bridgehead atoms. The highest BCUT2D eigenvalue weighted by Gasteiger charge is 2.52. The van der Waals surface area contributed by atoms with E-state index < -0.39 is 24.0 Å². The number of benzene rings is 1. The van der Waals surface area contributed by atoms with Crippen molar-refractivity contribution in [3.8, 4) is 0 Å². The first kappa shape index (κ1) is 23.1. The van der Waals surface area contributed by atoms with E-state index in [9.17, 15) is 14.4 Å². The lowest BCUT2D eigenvalue weighted by Gasteiger charge is -2.44. The van der Waals surface area contributed by atoms with Crippen LogP contribution in [-0.2, 0) is 20.1 Å². The van der Waals surface area contributed by atoms with Gasteiger partial charge in [-0.2, -0.15) is 0 Å². The summed E-state index contributed by atoms with van der Waals surface area (Å²) in [6.45, 7) is 1.32. The second kappa shape index (κ2) is 9.53. The number of nitrogens with one attached hydrogen (secondary N) is 1. The molecule has 2 amide bonds. The van der Waals surface area contributed by atoms with Crippen LogP contribution in [0.2, 0.25) is 0 Å². The van der Waals surface area contributed by atoms with Crippen molar-refractivity contribution in [2.45, 2.75) is 48.9 Å². The van der Waals surface area contributed by atoms with Crippen molar-refractivity contribution in [3.05, 3.63) is 65.7 Å². The summed E-state index contributed by atoms with van der Waals surface area (Å²) in [6.07, 6.45) is 4.42. The molecule has 2 aliphatic rings. The molecule has 0 atom stereocenters. The molecule has 3 aromatic rings. The molecule has 3 heterocycles. The van der Waals surface area contributed by atoms with Crippen molar-refractivity contribution in [2.75, 3.05) is 16.8 Å². The van der Waals surface area contributed by atoms with Crippen LogP contribution in [0.1, 0.15) is 47.5 Å². The lowest BCUT2D eigenvalue weighted by atomic mass is 9.90.